The summed E-state index contributed by atoms with van der Waals surface area (Å²) < 4.78 is 58.8. The van der Waals surface area contributed by atoms with Crippen LogP contribution in [0.1, 0.15) is 106 Å². The second-order valence-electron chi connectivity index (χ2n) is 10.1. The summed E-state index contributed by atoms with van der Waals surface area (Å²) >= 11 is 0. The van der Waals surface area contributed by atoms with E-state index in [2.05, 4.69) is 6.92 Å². The maximum Gasteiger partial charge on any atom is 0.346 e. The Morgan fingerprint density at radius 2 is 1.56 bits per heavy atom. The summed E-state index contributed by atoms with van der Waals surface area (Å²) in [6.45, 7) is 4.30. The lowest BCUT2D eigenvalue weighted by Gasteiger charge is -2.29. The number of unbranched alkanes of at least 4 members (excludes halogenated alkanes) is 4. The minimum Gasteiger partial charge on any atom is -0.490 e. The van der Waals surface area contributed by atoms with E-state index in [1.54, 1.807) is 12.1 Å². The molecular weight excluding hydrogens is 509 g/mol. The number of carbonyl (C=O) groups excluding carboxylic acids is 2. The number of carbonyl (C=O) groups is 2. The average Bonchev–Trinajstić information content (AvgIpc) is 2.94. The number of esters is 2. The van der Waals surface area contributed by atoms with Crippen molar-refractivity contribution in [3.8, 4) is 11.5 Å². The van der Waals surface area contributed by atoms with Gasteiger partial charge in [-0.15, -0.1) is 0 Å². The van der Waals surface area contributed by atoms with Gasteiger partial charge in [0.15, 0.2) is 17.7 Å². The lowest BCUT2D eigenvalue weighted by atomic mass is 9.83. The molecule has 0 bridgehead atoms. The van der Waals surface area contributed by atoms with Gasteiger partial charge in [0, 0.05) is 0 Å². The van der Waals surface area contributed by atoms with E-state index in [-0.39, 0.29) is 36.5 Å². The number of hydrogen-bond donors (Lipinski definition) is 0. The Balaban J connectivity index is 1.49. The molecule has 0 heterocycles. The van der Waals surface area contributed by atoms with Crippen LogP contribution in [0.25, 0.3) is 0 Å². The highest BCUT2D eigenvalue weighted by molar-refractivity contribution is 5.91. The van der Waals surface area contributed by atoms with Gasteiger partial charge >= 0.3 is 11.9 Å². The fourth-order valence-corrected chi connectivity index (χ4v) is 4.74. The van der Waals surface area contributed by atoms with Crippen LogP contribution in [0.5, 0.6) is 11.5 Å². The van der Waals surface area contributed by atoms with Crippen LogP contribution in [0.15, 0.2) is 36.4 Å². The molecule has 8 heteroatoms. The van der Waals surface area contributed by atoms with Crippen LogP contribution in [0.2, 0.25) is 0 Å². The zero-order valence-corrected chi connectivity index (χ0v) is 22.9. The highest BCUT2D eigenvalue weighted by atomic mass is 19.2. The van der Waals surface area contributed by atoms with Gasteiger partial charge in [0.05, 0.1) is 12.2 Å². The van der Waals surface area contributed by atoms with Crippen molar-refractivity contribution < 1.29 is 37.0 Å². The predicted octanol–water partition coefficient (Wildman–Crippen LogP) is 8.24. The molecule has 2 aromatic carbocycles. The monoisotopic (exact) mass is 548 g/mol. The smallest absolute Gasteiger partial charge is 0.346 e. The first-order valence-corrected chi connectivity index (χ1v) is 14.1. The minimum absolute atomic E-state index is 0.197. The molecule has 0 aromatic heterocycles. The first-order chi connectivity index (χ1) is 18.8. The number of ether oxygens (including phenoxy) is 3. The third-order valence-corrected chi connectivity index (χ3v) is 7.11. The maximum atomic E-state index is 14.6. The van der Waals surface area contributed by atoms with E-state index in [9.17, 15) is 22.8 Å². The molecule has 1 saturated carbocycles. The quantitative estimate of drug-likeness (QED) is 0.135. The fourth-order valence-electron chi connectivity index (χ4n) is 4.74. The summed E-state index contributed by atoms with van der Waals surface area (Å²) in [6.07, 6.45) is 6.49. The molecular formula is C31H39F3O5. The van der Waals surface area contributed by atoms with Crippen LogP contribution >= 0.6 is 0 Å². The van der Waals surface area contributed by atoms with Gasteiger partial charge in [-0.2, -0.15) is 4.39 Å². The SMILES string of the molecule is CCCCCCOc1ccc(C(=O)Oc2ccc(C3CCC(OC(=O)[C@@H](F)CCCC)CC3)cc2)c(F)c1F. The van der Waals surface area contributed by atoms with Gasteiger partial charge < -0.3 is 14.2 Å². The molecule has 5 nitrogen and oxygen atoms in total. The van der Waals surface area contributed by atoms with Gasteiger partial charge in [0.2, 0.25) is 5.82 Å². The third kappa shape index (κ3) is 9.01. The van der Waals surface area contributed by atoms with Crippen molar-refractivity contribution >= 4 is 11.9 Å². The molecule has 0 spiro atoms. The topological polar surface area (TPSA) is 61.8 Å². The Morgan fingerprint density at radius 1 is 0.872 bits per heavy atom. The standard InChI is InChI=1S/C31H39F3O5/c1-3-5-7-8-20-37-27-19-18-25(28(33)29(27)34)30(35)38-23-14-10-21(11-15-23)22-12-16-24(17-13-22)39-31(36)26(32)9-6-4-2/h10-11,14-15,18-19,22,24,26H,3-9,12-13,16-17,20H2,1-2H3/t22?,24?,26-/m0/s1. The normalized spacial score (nSPS) is 17.9. The molecule has 1 fully saturated rings. The lowest BCUT2D eigenvalue weighted by Crippen LogP contribution is -2.28. The Morgan fingerprint density at radius 3 is 2.23 bits per heavy atom. The Bertz CT molecular complexity index is 1060. The molecule has 2 aromatic rings. The highest BCUT2D eigenvalue weighted by Crippen LogP contribution is 2.35. The van der Waals surface area contributed by atoms with E-state index >= 15 is 0 Å². The number of rotatable bonds is 14. The summed E-state index contributed by atoms with van der Waals surface area (Å²) in [5, 5.41) is 0. The molecule has 214 valence electrons. The fraction of sp³-hybridized carbons (Fsp3) is 0.548. The van der Waals surface area contributed by atoms with Crippen LogP contribution in [-0.2, 0) is 9.53 Å². The number of benzene rings is 2. The van der Waals surface area contributed by atoms with Gasteiger partial charge in [0.1, 0.15) is 11.9 Å². The summed E-state index contributed by atoms with van der Waals surface area (Å²) in [4.78, 5) is 24.4. The molecule has 0 aliphatic heterocycles. The van der Waals surface area contributed by atoms with Crippen molar-refractivity contribution in [1.29, 1.82) is 0 Å². The maximum absolute atomic E-state index is 14.6. The summed E-state index contributed by atoms with van der Waals surface area (Å²) in [5.74, 6) is -4.06. The molecule has 0 amide bonds. The Labute approximate surface area is 229 Å². The number of hydrogen-bond acceptors (Lipinski definition) is 5. The van der Waals surface area contributed by atoms with Crippen molar-refractivity contribution in [2.24, 2.45) is 0 Å². The molecule has 3 rings (SSSR count). The number of halogens is 3. The van der Waals surface area contributed by atoms with Crippen molar-refractivity contribution in [2.45, 2.75) is 103 Å². The van der Waals surface area contributed by atoms with E-state index < -0.39 is 35.3 Å². The summed E-state index contributed by atoms with van der Waals surface area (Å²) in [6, 6.07) is 9.29. The minimum atomic E-state index is -1.56. The zero-order valence-electron chi connectivity index (χ0n) is 22.9. The van der Waals surface area contributed by atoms with Crippen LogP contribution in [-0.4, -0.2) is 30.8 Å². The van der Waals surface area contributed by atoms with E-state index in [1.807, 2.05) is 19.1 Å². The second kappa shape index (κ2) is 15.5. The molecule has 0 unspecified atom stereocenters. The van der Waals surface area contributed by atoms with E-state index in [1.165, 1.54) is 6.07 Å². The molecule has 1 aliphatic rings. The van der Waals surface area contributed by atoms with E-state index in [0.29, 0.717) is 19.3 Å². The largest absolute Gasteiger partial charge is 0.490 e. The molecule has 39 heavy (non-hydrogen) atoms. The van der Waals surface area contributed by atoms with Crippen molar-refractivity contribution in [3.05, 3.63) is 59.2 Å². The lowest BCUT2D eigenvalue weighted by molar-refractivity contribution is -0.157. The van der Waals surface area contributed by atoms with Crippen LogP contribution in [0.4, 0.5) is 13.2 Å². The molecule has 1 atom stereocenters. The third-order valence-electron chi connectivity index (χ3n) is 7.11. The predicted molar refractivity (Wildman–Crippen MR) is 143 cm³/mol. The Hall–Kier alpha value is -3.03. The van der Waals surface area contributed by atoms with Crippen LogP contribution in [0, 0.1) is 11.6 Å². The molecule has 1 aliphatic carbocycles. The van der Waals surface area contributed by atoms with Gasteiger partial charge in [-0.1, -0.05) is 58.1 Å². The van der Waals surface area contributed by atoms with Crippen molar-refractivity contribution in [2.75, 3.05) is 6.61 Å². The zero-order chi connectivity index (χ0) is 28.2. The van der Waals surface area contributed by atoms with Gasteiger partial charge in [-0.25, -0.2) is 18.4 Å². The van der Waals surface area contributed by atoms with Crippen LogP contribution in [0.3, 0.4) is 0 Å². The van der Waals surface area contributed by atoms with Crippen LogP contribution < -0.4 is 9.47 Å². The van der Waals surface area contributed by atoms with E-state index in [4.69, 9.17) is 14.2 Å². The first kappa shape index (κ1) is 30.5. The van der Waals surface area contributed by atoms with E-state index in [0.717, 1.165) is 56.6 Å². The van der Waals surface area contributed by atoms with Crippen molar-refractivity contribution in [1.82, 2.24) is 0 Å². The number of alkyl halides is 1. The molecule has 0 radical (unpaired) electrons. The van der Waals surface area contributed by atoms with Crippen molar-refractivity contribution in [3.63, 3.8) is 0 Å². The summed E-state index contributed by atoms with van der Waals surface area (Å²) in [7, 11) is 0. The summed E-state index contributed by atoms with van der Waals surface area (Å²) in [5.41, 5.74) is 0.525. The highest BCUT2D eigenvalue weighted by Gasteiger charge is 2.28. The average molecular weight is 549 g/mol. The Kier molecular flexibility index (Phi) is 12.2. The van der Waals surface area contributed by atoms with Gasteiger partial charge in [-0.05, 0) is 74.3 Å². The molecule has 0 saturated heterocycles. The molecule has 0 N–H and O–H groups in total. The second-order valence-corrected chi connectivity index (χ2v) is 10.1. The van der Waals surface area contributed by atoms with Gasteiger partial charge in [-0.3, -0.25) is 0 Å². The first-order valence-electron chi connectivity index (χ1n) is 14.1. The van der Waals surface area contributed by atoms with Gasteiger partial charge in [0.25, 0.3) is 0 Å².